The van der Waals surface area contributed by atoms with Crippen LogP contribution < -0.4 is 10.7 Å². The highest BCUT2D eigenvalue weighted by Crippen LogP contribution is 2.22. The molecule has 1 unspecified atom stereocenters. The van der Waals surface area contributed by atoms with E-state index in [4.69, 9.17) is 0 Å². The summed E-state index contributed by atoms with van der Waals surface area (Å²) in [5, 5.41) is 3.39. The lowest BCUT2D eigenvalue weighted by atomic mass is 9.93. The zero-order valence-electron chi connectivity index (χ0n) is 19.4. The number of amides is 4. The highest BCUT2D eigenvalue weighted by atomic mass is 16.2. The van der Waals surface area contributed by atoms with Crippen LogP contribution in [0.4, 0.5) is 4.79 Å². The number of aryl methyl sites for hydroxylation is 1. The Morgan fingerprint density at radius 1 is 0.970 bits per heavy atom. The fourth-order valence-electron chi connectivity index (χ4n) is 3.84. The number of nitrogens with zero attached hydrogens (tertiary/aromatic N) is 1. The number of imide groups is 1. The van der Waals surface area contributed by atoms with Crippen molar-refractivity contribution >= 4 is 23.6 Å². The molecule has 0 aliphatic carbocycles. The second-order valence-electron chi connectivity index (χ2n) is 9.14. The fourth-order valence-corrected chi connectivity index (χ4v) is 3.84. The first-order chi connectivity index (χ1) is 15.7. The number of Topliss-reactive ketones (excluding diaryl/α,β-unsaturated/α-hetero) is 1. The van der Waals surface area contributed by atoms with Gasteiger partial charge in [-0.1, -0.05) is 68.4 Å². The van der Waals surface area contributed by atoms with E-state index in [0.717, 1.165) is 22.6 Å². The van der Waals surface area contributed by atoms with E-state index in [1.165, 1.54) is 0 Å². The highest BCUT2D eigenvalue weighted by molar-refractivity contribution is 6.08. The molecule has 7 nitrogen and oxygen atoms in total. The topological polar surface area (TPSA) is 95.6 Å². The van der Waals surface area contributed by atoms with Crippen LogP contribution in [0.3, 0.4) is 0 Å². The minimum atomic E-state index is -1.10. The second-order valence-corrected chi connectivity index (χ2v) is 9.14. The molecule has 1 heterocycles. The van der Waals surface area contributed by atoms with E-state index in [1.807, 2.05) is 42.5 Å². The summed E-state index contributed by atoms with van der Waals surface area (Å²) in [7, 11) is 0. The first kappa shape index (κ1) is 24.2. The van der Waals surface area contributed by atoms with Crippen molar-refractivity contribution in [2.45, 2.75) is 58.4 Å². The molecule has 7 heteroatoms. The molecule has 1 atom stereocenters. The maximum absolute atomic E-state index is 12.8. The van der Waals surface area contributed by atoms with Crippen molar-refractivity contribution in [1.29, 1.82) is 0 Å². The van der Waals surface area contributed by atoms with Crippen LogP contribution in [0.5, 0.6) is 0 Å². The number of urea groups is 1. The van der Waals surface area contributed by atoms with E-state index in [1.54, 1.807) is 19.1 Å². The summed E-state index contributed by atoms with van der Waals surface area (Å²) >= 11 is 0. The molecule has 33 heavy (non-hydrogen) atoms. The van der Waals surface area contributed by atoms with Gasteiger partial charge < -0.3 is 5.32 Å². The van der Waals surface area contributed by atoms with Gasteiger partial charge in [-0.05, 0) is 43.2 Å². The number of benzene rings is 2. The van der Waals surface area contributed by atoms with Gasteiger partial charge in [-0.25, -0.2) is 4.79 Å². The lowest BCUT2D eigenvalue weighted by Gasteiger charge is -2.21. The molecule has 3 rings (SSSR count). The van der Waals surface area contributed by atoms with Crippen LogP contribution in [-0.2, 0) is 22.4 Å². The number of carbonyl (C=O) groups is 4. The van der Waals surface area contributed by atoms with Crippen molar-refractivity contribution in [1.82, 2.24) is 15.8 Å². The average molecular weight is 450 g/mol. The predicted molar refractivity (Wildman–Crippen MR) is 125 cm³/mol. The quantitative estimate of drug-likeness (QED) is 0.426. The Morgan fingerprint density at radius 2 is 1.64 bits per heavy atom. The lowest BCUT2D eigenvalue weighted by Crippen LogP contribution is -2.49. The molecule has 1 aliphatic rings. The molecule has 0 aromatic heterocycles. The van der Waals surface area contributed by atoms with Gasteiger partial charge in [0.05, 0.1) is 0 Å². The van der Waals surface area contributed by atoms with Gasteiger partial charge in [0.2, 0.25) is 5.91 Å². The van der Waals surface area contributed by atoms with E-state index in [0.29, 0.717) is 24.3 Å². The Bertz CT molecular complexity index is 1020. The van der Waals surface area contributed by atoms with E-state index in [2.05, 4.69) is 24.6 Å². The normalized spacial score (nSPS) is 17.9. The van der Waals surface area contributed by atoms with Crippen molar-refractivity contribution in [3.8, 4) is 0 Å². The maximum Gasteiger partial charge on any atom is 0.344 e. The number of carbonyl (C=O) groups excluding carboxylic acids is 4. The summed E-state index contributed by atoms with van der Waals surface area (Å²) in [6.07, 6.45) is 1.82. The Hall–Kier alpha value is -3.48. The Kier molecular flexibility index (Phi) is 7.63. The van der Waals surface area contributed by atoms with Gasteiger partial charge in [0.1, 0.15) is 5.54 Å². The fraction of sp³-hybridized carbons (Fsp3) is 0.385. The molecule has 1 aliphatic heterocycles. The van der Waals surface area contributed by atoms with E-state index >= 15 is 0 Å². The summed E-state index contributed by atoms with van der Waals surface area (Å²) in [6.45, 7) is 5.92. The summed E-state index contributed by atoms with van der Waals surface area (Å²) in [4.78, 5) is 49.9. The van der Waals surface area contributed by atoms with Crippen molar-refractivity contribution in [2.24, 2.45) is 5.92 Å². The zero-order chi connectivity index (χ0) is 24.0. The molecule has 4 amide bonds. The van der Waals surface area contributed by atoms with Crippen LogP contribution in [0.1, 0.15) is 61.5 Å². The Labute approximate surface area is 194 Å². The monoisotopic (exact) mass is 449 g/mol. The Balaban J connectivity index is 1.50. The third kappa shape index (κ3) is 6.28. The van der Waals surface area contributed by atoms with Crippen LogP contribution in [0.25, 0.3) is 0 Å². The molecule has 0 spiro atoms. The molecule has 0 bridgehead atoms. The smallest absolute Gasteiger partial charge is 0.322 e. The number of rotatable bonds is 10. The second kappa shape index (κ2) is 10.4. The van der Waals surface area contributed by atoms with Gasteiger partial charge >= 0.3 is 6.03 Å². The van der Waals surface area contributed by atoms with Crippen LogP contribution in [0.2, 0.25) is 0 Å². The van der Waals surface area contributed by atoms with Gasteiger partial charge in [-0.15, -0.1) is 0 Å². The van der Waals surface area contributed by atoms with E-state index in [9.17, 15) is 19.2 Å². The minimum Gasteiger partial charge on any atom is -0.322 e. The number of hydrazine groups is 1. The van der Waals surface area contributed by atoms with Crippen LogP contribution >= 0.6 is 0 Å². The van der Waals surface area contributed by atoms with Crippen molar-refractivity contribution in [3.63, 3.8) is 0 Å². The largest absolute Gasteiger partial charge is 0.344 e. The SMILES string of the molecule is CC(C)Cc1ccc(C(=O)CCC(=O)NN2C(=O)NC(C)(CCc3ccccc3)C2=O)cc1. The highest BCUT2D eigenvalue weighted by Gasteiger charge is 2.48. The summed E-state index contributed by atoms with van der Waals surface area (Å²) in [5.41, 5.74) is 4.00. The number of nitrogens with one attached hydrogen (secondary N) is 2. The summed E-state index contributed by atoms with van der Waals surface area (Å²) < 4.78 is 0. The molecular weight excluding hydrogens is 418 g/mol. The molecule has 174 valence electrons. The molecule has 0 radical (unpaired) electrons. The van der Waals surface area contributed by atoms with Gasteiger partial charge in [-0.2, -0.15) is 5.01 Å². The maximum atomic E-state index is 12.8. The average Bonchev–Trinajstić information content (AvgIpc) is 3.00. The Morgan fingerprint density at radius 3 is 2.27 bits per heavy atom. The molecule has 0 saturated carbocycles. The van der Waals surface area contributed by atoms with Crippen molar-refractivity contribution < 1.29 is 19.2 Å². The molecule has 2 aromatic carbocycles. The van der Waals surface area contributed by atoms with Crippen molar-refractivity contribution in [2.75, 3.05) is 0 Å². The van der Waals surface area contributed by atoms with Gasteiger partial charge in [0, 0.05) is 18.4 Å². The number of hydrogen-bond acceptors (Lipinski definition) is 4. The molecular formula is C26H31N3O4. The molecule has 1 fully saturated rings. The van der Waals surface area contributed by atoms with Gasteiger partial charge in [-0.3, -0.25) is 19.8 Å². The predicted octanol–water partition coefficient (Wildman–Crippen LogP) is 3.82. The van der Waals surface area contributed by atoms with Gasteiger partial charge in [0.25, 0.3) is 5.91 Å². The minimum absolute atomic E-state index is 0.00964. The van der Waals surface area contributed by atoms with Gasteiger partial charge in [0.15, 0.2) is 5.78 Å². The third-order valence-corrected chi connectivity index (χ3v) is 5.75. The number of ketones is 1. The van der Waals surface area contributed by atoms with E-state index in [-0.39, 0.29) is 18.6 Å². The summed E-state index contributed by atoms with van der Waals surface area (Å²) in [5.74, 6) is -0.702. The molecule has 1 saturated heterocycles. The van der Waals surface area contributed by atoms with Crippen LogP contribution in [-0.4, -0.2) is 34.2 Å². The summed E-state index contributed by atoms with van der Waals surface area (Å²) in [6, 6.07) is 16.4. The van der Waals surface area contributed by atoms with E-state index < -0.39 is 23.4 Å². The van der Waals surface area contributed by atoms with Crippen molar-refractivity contribution in [3.05, 3.63) is 71.3 Å². The zero-order valence-corrected chi connectivity index (χ0v) is 19.4. The van der Waals surface area contributed by atoms with Crippen LogP contribution in [0.15, 0.2) is 54.6 Å². The first-order valence-corrected chi connectivity index (χ1v) is 11.3. The third-order valence-electron chi connectivity index (χ3n) is 5.75. The lowest BCUT2D eigenvalue weighted by molar-refractivity contribution is -0.138. The molecule has 2 aromatic rings. The standard InChI is InChI=1S/C26H31N3O4/c1-18(2)17-20-9-11-21(12-10-20)22(30)13-14-23(31)28-29-24(32)26(3,27-25(29)33)16-15-19-7-5-4-6-8-19/h4-12,18H,13-17H2,1-3H3,(H,27,33)(H,28,31). The first-order valence-electron chi connectivity index (χ1n) is 11.3. The molecule has 2 N–H and O–H groups in total. The number of hydrogen-bond donors (Lipinski definition) is 2. The van der Waals surface area contributed by atoms with Crippen LogP contribution in [0, 0.1) is 5.92 Å².